The number of hydrogen-bond donors (Lipinski definition) is 2. The number of nitrogens with one attached hydrogen (secondary N) is 1. The highest BCUT2D eigenvalue weighted by molar-refractivity contribution is 5.78. The second-order valence-electron chi connectivity index (χ2n) is 5.99. The molecule has 21 heavy (non-hydrogen) atoms. The number of ether oxygens (including phenoxy) is 1. The number of amides is 1. The third-order valence-electron chi connectivity index (χ3n) is 4.11. The number of methoxy groups -OCH3 is 1. The molecule has 0 unspecified atom stereocenters. The van der Waals surface area contributed by atoms with Gasteiger partial charge in [-0.2, -0.15) is 0 Å². The van der Waals surface area contributed by atoms with Crippen LogP contribution in [0.3, 0.4) is 0 Å². The van der Waals surface area contributed by atoms with Crippen LogP contribution in [0.25, 0.3) is 0 Å². The normalized spacial score (nSPS) is 17.4. The number of likely N-dealkylation sites (tertiary alicyclic amines) is 1. The fourth-order valence-corrected chi connectivity index (χ4v) is 2.51. The van der Waals surface area contributed by atoms with Gasteiger partial charge in [-0.1, -0.05) is 32.0 Å². The van der Waals surface area contributed by atoms with Gasteiger partial charge >= 0.3 is 0 Å². The smallest absolute Gasteiger partial charge is 0.234 e. The third kappa shape index (κ3) is 3.74. The van der Waals surface area contributed by atoms with Crippen molar-refractivity contribution in [1.29, 1.82) is 0 Å². The molecule has 5 heteroatoms. The fraction of sp³-hybridized carbons (Fsp3) is 0.562. The van der Waals surface area contributed by atoms with Gasteiger partial charge in [0.2, 0.25) is 5.91 Å². The van der Waals surface area contributed by atoms with Gasteiger partial charge in [0.15, 0.2) is 0 Å². The van der Waals surface area contributed by atoms with Gasteiger partial charge in [-0.15, -0.1) is 0 Å². The molecule has 0 spiro atoms. The van der Waals surface area contributed by atoms with Gasteiger partial charge in [-0.25, -0.2) is 0 Å². The minimum absolute atomic E-state index is 0.0355. The van der Waals surface area contributed by atoms with Crippen molar-refractivity contribution in [1.82, 2.24) is 10.2 Å². The number of para-hydroxylation sites is 1. The molecule has 116 valence electrons. The van der Waals surface area contributed by atoms with Crippen molar-refractivity contribution in [3.05, 3.63) is 29.8 Å². The van der Waals surface area contributed by atoms with Crippen LogP contribution in [0.2, 0.25) is 0 Å². The summed E-state index contributed by atoms with van der Waals surface area (Å²) in [5.41, 5.74) is 0.318. The molecule has 0 saturated carbocycles. The molecule has 1 saturated heterocycles. The van der Waals surface area contributed by atoms with Crippen LogP contribution in [0.4, 0.5) is 0 Å². The number of carbonyl (C=O) groups is 1. The molecule has 1 aromatic rings. The summed E-state index contributed by atoms with van der Waals surface area (Å²) in [7, 11) is 1.62. The largest absolute Gasteiger partial charge is 0.496 e. The van der Waals surface area contributed by atoms with Crippen molar-refractivity contribution in [2.45, 2.75) is 26.0 Å². The molecule has 1 aromatic carbocycles. The van der Waals surface area contributed by atoms with Crippen molar-refractivity contribution in [2.75, 3.05) is 26.7 Å². The average Bonchev–Trinajstić information content (AvgIpc) is 2.43. The van der Waals surface area contributed by atoms with Gasteiger partial charge in [0.25, 0.3) is 0 Å². The zero-order chi connectivity index (χ0) is 15.5. The van der Waals surface area contributed by atoms with Gasteiger partial charge in [0, 0.05) is 25.2 Å². The van der Waals surface area contributed by atoms with E-state index < -0.39 is 5.60 Å². The number of benzene rings is 1. The third-order valence-corrected chi connectivity index (χ3v) is 4.11. The first-order valence-electron chi connectivity index (χ1n) is 7.28. The van der Waals surface area contributed by atoms with E-state index in [1.807, 2.05) is 43.0 Å². The lowest BCUT2D eigenvalue weighted by molar-refractivity contribution is -0.142. The summed E-state index contributed by atoms with van der Waals surface area (Å²) in [4.78, 5) is 13.9. The van der Waals surface area contributed by atoms with Crippen LogP contribution in [0.1, 0.15) is 19.4 Å². The fourth-order valence-electron chi connectivity index (χ4n) is 2.51. The Hall–Kier alpha value is -1.59. The molecule has 0 radical (unpaired) electrons. The lowest BCUT2D eigenvalue weighted by atomic mass is 9.83. The summed E-state index contributed by atoms with van der Waals surface area (Å²) in [5, 5.41) is 13.0. The van der Waals surface area contributed by atoms with Gasteiger partial charge in [0.1, 0.15) is 5.75 Å². The molecular formula is C16H24N2O3. The Labute approximate surface area is 125 Å². The van der Waals surface area contributed by atoms with Gasteiger partial charge in [0.05, 0.1) is 19.3 Å². The first-order chi connectivity index (χ1) is 9.94. The SMILES string of the molecule is COc1ccccc1CNC(=O)CN1CC(O)(C(C)C)C1. The van der Waals surface area contributed by atoms with Crippen molar-refractivity contribution >= 4 is 5.91 Å². The van der Waals surface area contributed by atoms with E-state index in [-0.39, 0.29) is 11.8 Å². The van der Waals surface area contributed by atoms with E-state index in [0.717, 1.165) is 11.3 Å². The molecule has 1 aliphatic heterocycles. The van der Waals surface area contributed by atoms with Crippen molar-refractivity contribution in [3.63, 3.8) is 0 Å². The molecule has 1 heterocycles. The maximum Gasteiger partial charge on any atom is 0.234 e. The highest BCUT2D eigenvalue weighted by Gasteiger charge is 2.43. The molecule has 0 atom stereocenters. The van der Waals surface area contributed by atoms with E-state index in [0.29, 0.717) is 26.2 Å². The summed E-state index contributed by atoms with van der Waals surface area (Å²) in [6, 6.07) is 7.62. The maximum absolute atomic E-state index is 11.9. The molecule has 1 amide bonds. The summed E-state index contributed by atoms with van der Waals surface area (Å²) in [6.45, 7) is 5.90. The molecule has 0 aliphatic carbocycles. The topological polar surface area (TPSA) is 61.8 Å². The summed E-state index contributed by atoms with van der Waals surface area (Å²) in [5.74, 6) is 0.952. The first kappa shape index (κ1) is 15.8. The standard InChI is InChI=1S/C16H24N2O3/c1-12(2)16(20)10-18(11-16)9-15(19)17-8-13-6-4-5-7-14(13)21-3/h4-7,12,20H,8-11H2,1-3H3,(H,17,19). The van der Waals surface area contributed by atoms with E-state index in [9.17, 15) is 9.90 Å². The second kappa shape index (κ2) is 6.45. The Balaban J connectivity index is 1.76. The molecule has 2 N–H and O–H groups in total. The van der Waals surface area contributed by atoms with Gasteiger partial charge < -0.3 is 15.2 Å². The average molecular weight is 292 g/mol. The van der Waals surface area contributed by atoms with Crippen molar-refractivity contribution in [3.8, 4) is 5.75 Å². The summed E-state index contributed by atoms with van der Waals surface area (Å²) >= 11 is 0. The minimum Gasteiger partial charge on any atom is -0.496 e. The van der Waals surface area contributed by atoms with Gasteiger partial charge in [-0.3, -0.25) is 9.69 Å². The first-order valence-corrected chi connectivity index (χ1v) is 7.28. The van der Waals surface area contributed by atoms with Crippen LogP contribution in [0.5, 0.6) is 5.75 Å². The van der Waals surface area contributed by atoms with E-state index in [4.69, 9.17) is 4.74 Å². The second-order valence-corrected chi connectivity index (χ2v) is 5.99. The Morgan fingerprint density at radius 2 is 2.10 bits per heavy atom. The van der Waals surface area contributed by atoms with Crippen LogP contribution in [-0.2, 0) is 11.3 Å². The zero-order valence-corrected chi connectivity index (χ0v) is 12.9. The summed E-state index contributed by atoms with van der Waals surface area (Å²) < 4.78 is 5.25. The highest BCUT2D eigenvalue weighted by atomic mass is 16.5. The molecule has 1 fully saturated rings. The molecule has 0 bridgehead atoms. The predicted octanol–water partition coefficient (Wildman–Crippen LogP) is 1.01. The van der Waals surface area contributed by atoms with Crippen molar-refractivity contribution in [2.24, 2.45) is 5.92 Å². The lowest BCUT2D eigenvalue weighted by Gasteiger charge is -2.48. The van der Waals surface area contributed by atoms with E-state index >= 15 is 0 Å². The minimum atomic E-state index is -0.636. The van der Waals surface area contributed by atoms with Crippen LogP contribution in [0.15, 0.2) is 24.3 Å². The molecule has 2 rings (SSSR count). The zero-order valence-electron chi connectivity index (χ0n) is 12.9. The number of β-amino-alcohol motifs (C(OH)–C–C–N with tert-alkyl or cyclic N) is 1. The number of carbonyl (C=O) groups excluding carboxylic acids is 1. The lowest BCUT2D eigenvalue weighted by Crippen LogP contribution is -2.65. The van der Waals surface area contributed by atoms with Gasteiger partial charge in [-0.05, 0) is 12.0 Å². The number of rotatable bonds is 6. The molecule has 0 aromatic heterocycles. The van der Waals surface area contributed by atoms with Crippen LogP contribution in [0, 0.1) is 5.92 Å². The summed E-state index contributed by atoms with van der Waals surface area (Å²) in [6.07, 6.45) is 0. The number of hydrogen-bond acceptors (Lipinski definition) is 4. The van der Waals surface area contributed by atoms with Crippen LogP contribution < -0.4 is 10.1 Å². The Kier molecular flexibility index (Phi) is 4.85. The quantitative estimate of drug-likeness (QED) is 0.821. The molecule has 1 aliphatic rings. The maximum atomic E-state index is 11.9. The Morgan fingerprint density at radius 1 is 1.43 bits per heavy atom. The van der Waals surface area contributed by atoms with Crippen LogP contribution in [-0.4, -0.2) is 48.3 Å². The highest BCUT2D eigenvalue weighted by Crippen LogP contribution is 2.28. The number of nitrogens with zero attached hydrogens (tertiary/aromatic N) is 1. The van der Waals surface area contributed by atoms with E-state index in [1.54, 1.807) is 7.11 Å². The number of aliphatic hydroxyl groups is 1. The van der Waals surface area contributed by atoms with Crippen LogP contribution >= 0.6 is 0 Å². The Morgan fingerprint density at radius 3 is 2.71 bits per heavy atom. The predicted molar refractivity (Wildman–Crippen MR) is 81.1 cm³/mol. The van der Waals surface area contributed by atoms with E-state index in [2.05, 4.69) is 5.32 Å². The van der Waals surface area contributed by atoms with Crippen molar-refractivity contribution < 1.29 is 14.6 Å². The monoisotopic (exact) mass is 292 g/mol. The molecular weight excluding hydrogens is 268 g/mol. The van der Waals surface area contributed by atoms with E-state index in [1.165, 1.54) is 0 Å². The molecule has 5 nitrogen and oxygen atoms in total. The Bertz CT molecular complexity index is 496.